The largest absolute Gasteiger partial charge is 0.381 e. The fourth-order valence-corrected chi connectivity index (χ4v) is 1.64. The number of carbonyl (C=O) groups is 1. The van der Waals surface area contributed by atoms with Crippen molar-refractivity contribution in [2.24, 2.45) is 5.92 Å². The van der Waals surface area contributed by atoms with Gasteiger partial charge in [-0.2, -0.15) is 0 Å². The summed E-state index contributed by atoms with van der Waals surface area (Å²) in [5.41, 5.74) is -0.267. The quantitative estimate of drug-likeness (QED) is 0.791. The molecule has 4 nitrogen and oxygen atoms in total. The van der Waals surface area contributed by atoms with Crippen molar-refractivity contribution in [3.63, 3.8) is 0 Å². The second-order valence-electron chi connectivity index (χ2n) is 5.38. The molecular weight excluding hydrogens is 206 g/mol. The molecule has 1 heterocycles. The zero-order valence-electron chi connectivity index (χ0n) is 10.7. The van der Waals surface area contributed by atoms with E-state index in [1.807, 2.05) is 27.7 Å². The molecule has 2 atom stereocenters. The Labute approximate surface area is 97.7 Å². The lowest BCUT2D eigenvalue weighted by atomic mass is 10.0. The molecule has 4 heteroatoms. The SMILES string of the molecule is CC(NC(=O)COC(C)(C)C)C1CCOC1. The summed E-state index contributed by atoms with van der Waals surface area (Å²) in [6.45, 7) is 9.53. The highest BCUT2D eigenvalue weighted by Crippen LogP contribution is 2.16. The minimum absolute atomic E-state index is 0.0469. The minimum atomic E-state index is -0.267. The van der Waals surface area contributed by atoms with Crippen molar-refractivity contribution < 1.29 is 14.3 Å². The third-order valence-corrected chi connectivity index (χ3v) is 2.70. The molecule has 0 aromatic carbocycles. The van der Waals surface area contributed by atoms with Gasteiger partial charge in [0.1, 0.15) is 6.61 Å². The second-order valence-corrected chi connectivity index (χ2v) is 5.38. The van der Waals surface area contributed by atoms with Gasteiger partial charge in [0.2, 0.25) is 5.91 Å². The van der Waals surface area contributed by atoms with Gasteiger partial charge in [0, 0.05) is 18.6 Å². The number of nitrogens with one attached hydrogen (secondary N) is 1. The third kappa shape index (κ3) is 4.94. The molecule has 1 aliphatic rings. The van der Waals surface area contributed by atoms with E-state index >= 15 is 0 Å². The van der Waals surface area contributed by atoms with E-state index in [1.54, 1.807) is 0 Å². The van der Waals surface area contributed by atoms with Crippen molar-refractivity contribution in [3.8, 4) is 0 Å². The summed E-state index contributed by atoms with van der Waals surface area (Å²) in [6.07, 6.45) is 1.03. The second kappa shape index (κ2) is 5.64. The highest BCUT2D eigenvalue weighted by molar-refractivity contribution is 5.77. The standard InChI is InChI=1S/C12H23NO3/c1-9(10-5-6-15-7-10)13-11(14)8-16-12(2,3)4/h9-10H,5-8H2,1-4H3,(H,13,14). The van der Waals surface area contributed by atoms with Gasteiger partial charge in [0.15, 0.2) is 0 Å². The van der Waals surface area contributed by atoms with Gasteiger partial charge < -0.3 is 14.8 Å². The summed E-state index contributed by atoms with van der Waals surface area (Å²) >= 11 is 0. The molecule has 0 bridgehead atoms. The van der Waals surface area contributed by atoms with Gasteiger partial charge in [0.25, 0.3) is 0 Å². The maximum absolute atomic E-state index is 11.6. The molecule has 1 saturated heterocycles. The number of hydrogen-bond donors (Lipinski definition) is 1. The molecular formula is C12H23NO3. The van der Waals surface area contributed by atoms with E-state index < -0.39 is 0 Å². The summed E-state index contributed by atoms with van der Waals surface area (Å²) in [6, 6.07) is 0.165. The number of ether oxygens (including phenoxy) is 2. The van der Waals surface area contributed by atoms with Crippen LogP contribution >= 0.6 is 0 Å². The first-order valence-corrected chi connectivity index (χ1v) is 5.89. The zero-order chi connectivity index (χ0) is 12.2. The van der Waals surface area contributed by atoms with E-state index in [9.17, 15) is 4.79 Å². The van der Waals surface area contributed by atoms with Crippen LogP contribution in [0.15, 0.2) is 0 Å². The van der Waals surface area contributed by atoms with Crippen LogP contribution in [0.4, 0.5) is 0 Å². The fraction of sp³-hybridized carbons (Fsp3) is 0.917. The number of hydrogen-bond acceptors (Lipinski definition) is 3. The number of amides is 1. The predicted molar refractivity (Wildman–Crippen MR) is 62.2 cm³/mol. The molecule has 94 valence electrons. The Bertz CT molecular complexity index is 229. The van der Waals surface area contributed by atoms with E-state index in [0.29, 0.717) is 5.92 Å². The molecule has 2 unspecified atom stereocenters. The van der Waals surface area contributed by atoms with Gasteiger partial charge >= 0.3 is 0 Å². The molecule has 0 aliphatic carbocycles. The lowest BCUT2D eigenvalue weighted by Crippen LogP contribution is -2.41. The Morgan fingerprint density at radius 3 is 2.75 bits per heavy atom. The van der Waals surface area contributed by atoms with Crippen molar-refractivity contribution in [3.05, 3.63) is 0 Å². The Morgan fingerprint density at radius 2 is 2.25 bits per heavy atom. The van der Waals surface area contributed by atoms with E-state index in [-0.39, 0.29) is 24.2 Å². The maximum atomic E-state index is 11.6. The van der Waals surface area contributed by atoms with Crippen molar-refractivity contribution in [2.75, 3.05) is 19.8 Å². The summed E-state index contributed by atoms with van der Waals surface area (Å²) in [4.78, 5) is 11.6. The fourth-order valence-electron chi connectivity index (χ4n) is 1.64. The Morgan fingerprint density at radius 1 is 1.56 bits per heavy atom. The van der Waals surface area contributed by atoms with Gasteiger partial charge in [-0.3, -0.25) is 4.79 Å². The molecule has 1 fully saturated rings. The molecule has 1 N–H and O–H groups in total. The molecule has 1 aliphatic heterocycles. The van der Waals surface area contributed by atoms with Crippen LogP contribution in [-0.4, -0.2) is 37.4 Å². The van der Waals surface area contributed by atoms with E-state index in [1.165, 1.54) is 0 Å². The third-order valence-electron chi connectivity index (χ3n) is 2.70. The van der Waals surface area contributed by atoms with Gasteiger partial charge in [-0.15, -0.1) is 0 Å². The first-order chi connectivity index (χ1) is 7.38. The maximum Gasteiger partial charge on any atom is 0.246 e. The van der Waals surface area contributed by atoms with Crippen molar-refractivity contribution in [2.45, 2.75) is 45.8 Å². The van der Waals surface area contributed by atoms with E-state index in [4.69, 9.17) is 9.47 Å². The topological polar surface area (TPSA) is 47.6 Å². The molecule has 0 saturated carbocycles. The van der Waals surface area contributed by atoms with Gasteiger partial charge in [-0.1, -0.05) is 0 Å². The molecule has 16 heavy (non-hydrogen) atoms. The lowest BCUT2D eigenvalue weighted by molar-refractivity contribution is -0.131. The van der Waals surface area contributed by atoms with Crippen molar-refractivity contribution in [1.29, 1.82) is 0 Å². The first-order valence-electron chi connectivity index (χ1n) is 5.89. The van der Waals surface area contributed by atoms with Crippen LogP contribution in [0.5, 0.6) is 0 Å². The molecule has 0 aromatic rings. The average Bonchev–Trinajstić information content (AvgIpc) is 2.66. The monoisotopic (exact) mass is 229 g/mol. The minimum Gasteiger partial charge on any atom is -0.381 e. The summed E-state index contributed by atoms with van der Waals surface area (Å²) < 4.78 is 10.7. The van der Waals surface area contributed by atoms with Crippen LogP contribution in [-0.2, 0) is 14.3 Å². The average molecular weight is 229 g/mol. The summed E-state index contributed by atoms with van der Waals surface area (Å²) in [5, 5.41) is 2.95. The van der Waals surface area contributed by atoms with Crippen molar-refractivity contribution in [1.82, 2.24) is 5.32 Å². The highest BCUT2D eigenvalue weighted by atomic mass is 16.5. The van der Waals surface area contributed by atoms with Crippen LogP contribution in [0.2, 0.25) is 0 Å². The normalized spacial score (nSPS) is 23.1. The van der Waals surface area contributed by atoms with Gasteiger partial charge in [-0.05, 0) is 34.1 Å². The molecule has 1 rings (SSSR count). The molecule has 0 aromatic heterocycles. The Balaban J connectivity index is 2.22. The van der Waals surface area contributed by atoms with Crippen LogP contribution < -0.4 is 5.32 Å². The molecule has 0 spiro atoms. The smallest absolute Gasteiger partial charge is 0.246 e. The van der Waals surface area contributed by atoms with Crippen LogP contribution in [0.25, 0.3) is 0 Å². The molecule has 0 radical (unpaired) electrons. The van der Waals surface area contributed by atoms with Crippen LogP contribution in [0.1, 0.15) is 34.1 Å². The highest BCUT2D eigenvalue weighted by Gasteiger charge is 2.23. The zero-order valence-corrected chi connectivity index (χ0v) is 10.7. The summed E-state index contributed by atoms with van der Waals surface area (Å²) in [5.74, 6) is 0.396. The van der Waals surface area contributed by atoms with Crippen LogP contribution in [0, 0.1) is 5.92 Å². The molecule has 1 amide bonds. The Kier molecular flexibility index (Phi) is 4.74. The summed E-state index contributed by atoms with van der Waals surface area (Å²) in [7, 11) is 0. The lowest BCUT2D eigenvalue weighted by Gasteiger charge is -2.22. The Hall–Kier alpha value is -0.610. The van der Waals surface area contributed by atoms with Gasteiger partial charge in [-0.25, -0.2) is 0 Å². The van der Waals surface area contributed by atoms with E-state index in [0.717, 1.165) is 19.6 Å². The first kappa shape index (κ1) is 13.5. The van der Waals surface area contributed by atoms with E-state index in [2.05, 4.69) is 5.32 Å². The van der Waals surface area contributed by atoms with Crippen molar-refractivity contribution >= 4 is 5.91 Å². The predicted octanol–water partition coefficient (Wildman–Crippen LogP) is 1.34. The van der Waals surface area contributed by atoms with Crippen LogP contribution in [0.3, 0.4) is 0 Å². The van der Waals surface area contributed by atoms with Gasteiger partial charge in [0.05, 0.1) is 12.2 Å². The number of rotatable bonds is 4. The number of carbonyl (C=O) groups excluding carboxylic acids is 1.